The molecular weight excluding hydrogens is 524 g/mol. The van der Waals surface area contributed by atoms with Gasteiger partial charge in [-0.2, -0.15) is 13.1 Å². The van der Waals surface area contributed by atoms with Crippen LogP contribution in [-0.2, 0) is 19.2 Å². The van der Waals surface area contributed by atoms with Gasteiger partial charge in [0.1, 0.15) is 42.5 Å². The van der Waals surface area contributed by atoms with Crippen LogP contribution in [0, 0.1) is 0 Å². The number of nitrogens with one attached hydrogen (secondary N) is 2. The van der Waals surface area contributed by atoms with E-state index in [2.05, 4.69) is 10.0 Å². The Balaban J connectivity index is 1.59. The number of ether oxygens (including phenoxy) is 3. The molecule has 1 heterocycles. The molecule has 218 valence electrons. The fraction of sp³-hybridized carbons (Fsp3) is 0.750. The van der Waals surface area contributed by atoms with Crippen LogP contribution >= 0.6 is 0 Å². The standard InChI is InChI=1S/C24H40N2O11S/c1-15(2)25-12-19(37-38(32,33)26-16-6-4-3-5-7-16)14-34-17-8-10-18(11-9-17)35-24(31)23(30)22(29)21(28)20(13-27)36-24/h8-11,15-16,19-23,25-31H,3-7,12-14H2,1-2H3/t19?,20-,21-,22+,23-,24+/m1/s1. The second-order valence-corrected chi connectivity index (χ2v) is 11.3. The molecule has 1 saturated heterocycles. The van der Waals surface area contributed by atoms with Crippen molar-refractivity contribution >= 4 is 10.3 Å². The first-order chi connectivity index (χ1) is 17.9. The van der Waals surface area contributed by atoms with E-state index in [4.69, 9.17) is 18.4 Å². The summed E-state index contributed by atoms with van der Waals surface area (Å²) in [5, 5.41) is 53.0. The maximum Gasteiger partial charge on any atom is 0.355 e. The maximum absolute atomic E-state index is 12.6. The number of benzene rings is 1. The van der Waals surface area contributed by atoms with Crippen molar-refractivity contribution in [1.29, 1.82) is 0 Å². The summed E-state index contributed by atoms with van der Waals surface area (Å²) >= 11 is 0. The first-order valence-corrected chi connectivity index (χ1v) is 14.2. The summed E-state index contributed by atoms with van der Waals surface area (Å²) in [4.78, 5) is 0. The summed E-state index contributed by atoms with van der Waals surface area (Å²) in [6.45, 7) is 3.26. The Morgan fingerprint density at radius 1 is 1.05 bits per heavy atom. The fourth-order valence-electron chi connectivity index (χ4n) is 4.29. The van der Waals surface area contributed by atoms with Crippen molar-refractivity contribution in [3.05, 3.63) is 24.3 Å². The summed E-state index contributed by atoms with van der Waals surface area (Å²) in [6, 6.07) is 5.69. The molecular formula is C24H40N2O11S. The molecule has 2 fully saturated rings. The van der Waals surface area contributed by atoms with Crippen LogP contribution in [0.25, 0.3) is 0 Å². The van der Waals surface area contributed by atoms with Crippen molar-refractivity contribution in [3.63, 3.8) is 0 Å². The molecule has 0 spiro atoms. The van der Waals surface area contributed by atoms with Crippen molar-refractivity contribution in [3.8, 4) is 11.5 Å². The highest BCUT2D eigenvalue weighted by atomic mass is 32.2. The van der Waals surface area contributed by atoms with Crippen LogP contribution in [0.1, 0.15) is 46.0 Å². The molecule has 1 unspecified atom stereocenters. The summed E-state index contributed by atoms with van der Waals surface area (Å²) in [5.74, 6) is -2.36. The second-order valence-electron chi connectivity index (χ2n) is 9.97. The lowest BCUT2D eigenvalue weighted by Gasteiger charge is -2.44. The molecule has 1 saturated carbocycles. The monoisotopic (exact) mass is 564 g/mol. The van der Waals surface area contributed by atoms with Gasteiger partial charge in [0.2, 0.25) is 0 Å². The van der Waals surface area contributed by atoms with Crippen molar-refractivity contribution in [2.24, 2.45) is 0 Å². The summed E-state index contributed by atoms with van der Waals surface area (Å²) in [7, 11) is -3.99. The summed E-state index contributed by atoms with van der Waals surface area (Å²) in [6.07, 6.45) is -3.08. The third kappa shape index (κ3) is 8.71. The second kappa shape index (κ2) is 13.7. The van der Waals surface area contributed by atoms with E-state index in [0.717, 1.165) is 32.1 Å². The molecule has 14 heteroatoms. The molecule has 3 rings (SSSR count). The molecule has 13 nitrogen and oxygen atoms in total. The Labute approximate surface area is 222 Å². The highest BCUT2D eigenvalue weighted by Crippen LogP contribution is 2.31. The SMILES string of the molecule is CC(C)NCC(COc1ccc(O[C@]2(O)O[C@H](CO)[C@@H](O)[C@H](O)[C@H]2O)cc1)OS(=O)(=O)NC1CCCCC1. The number of aliphatic hydroxyl groups is 5. The first-order valence-electron chi connectivity index (χ1n) is 12.8. The molecule has 1 aromatic carbocycles. The molecule has 38 heavy (non-hydrogen) atoms. The minimum Gasteiger partial charge on any atom is -0.491 e. The van der Waals surface area contributed by atoms with Gasteiger partial charge in [-0.25, -0.2) is 4.18 Å². The van der Waals surface area contributed by atoms with E-state index in [1.807, 2.05) is 13.8 Å². The van der Waals surface area contributed by atoms with Gasteiger partial charge in [0, 0.05) is 18.6 Å². The average Bonchev–Trinajstić information content (AvgIpc) is 2.87. The normalized spacial score (nSPS) is 29.8. The van der Waals surface area contributed by atoms with Gasteiger partial charge >= 0.3 is 16.3 Å². The number of aliphatic hydroxyl groups excluding tert-OH is 4. The molecule has 0 amide bonds. The van der Waals surface area contributed by atoms with Crippen molar-refractivity contribution in [1.82, 2.24) is 10.0 Å². The van der Waals surface area contributed by atoms with Gasteiger partial charge in [-0.05, 0) is 37.1 Å². The van der Waals surface area contributed by atoms with E-state index in [-0.39, 0.29) is 31.0 Å². The molecule has 1 aromatic rings. The average molecular weight is 565 g/mol. The van der Waals surface area contributed by atoms with Gasteiger partial charge in [-0.15, -0.1) is 0 Å². The lowest BCUT2D eigenvalue weighted by Crippen LogP contribution is -2.67. The Hall–Kier alpha value is -1.59. The lowest BCUT2D eigenvalue weighted by molar-refractivity contribution is -0.422. The Kier molecular flexibility index (Phi) is 11.1. The fourth-order valence-corrected chi connectivity index (χ4v) is 5.47. The quantitative estimate of drug-likeness (QED) is 0.146. The molecule has 2 aliphatic rings. The zero-order chi connectivity index (χ0) is 27.9. The number of rotatable bonds is 13. The zero-order valence-electron chi connectivity index (χ0n) is 21.6. The molecule has 0 aromatic heterocycles. The minimum atomic E-state index is -3.99. The maximum atomic E-state index is 12.6. The summed E-state index contributed by atoms with van der Waals surface area (Å²) < 4.78 is 49.4. The van der Waals surface area contributed by atoms with Gasteiger partial charge in [-0.1, -0.05) is 33.1 Å². The van der Waals surface area contributed by atoms with E-state index >= 15 is 0 Å². The van der Waals surface area contributed by atoms with Gasteiger partial charge in [0.05, 0.1) is 6.61 Å². The van der Waals surface area contributed by atoms with E-state index < -0.39 is 53.4 Å². The van der Waals surface area contributed by atoms with Gasteiger partial charge in [0.15, 0.2) is 6.10 Å². The van der Waals surface area contributed by atoms with Gasteiger partial charge in [0.25, 0.3) is 0 Å². The molecule has 0 radical (unpaired) electrons. The van der Waals surface area contributed by atoms with Crippen molar-refractivity contribution in [2.75, 3.05) is 19.8 Å². The van der Waals surface area contributed by atoms with Crippen molar-refractivity contribution < 1.29 is 52.3 Å². The van der Waals surface area contributed by atoms with E-state index in [1.165, 1.54) is 24.3 Å². The number of hydrogen-bond donors (Lipinski definition) is 7. The summed E-state index contributed by atoms with van der Waals surface area (Å²) in [5.41, 5.74) is 0. The Morgan fingerprint density at radius 2 is 1.68 bits per heavy atom. The molecule has 7 N–H and O–H groups in total. The Morgan fingerprint density at radius 3 is 2.29 bits per heavy atom. The zero-order valence-corrected chi connectivity index (χ0v) is 22.4. The van der Waals surface area contributed by atoms with Gasteiger partial charge < -0.3 is 45.1 Å². The predicted molar refractivity (Wildman–Crippen MR) is 134 cm³/mol. The molecule has 1 aliphatic carbocycles. The van der Waals surface area contributed by atoms with Crippen LogP contribution in [0.15, 0.2) is 24.3 Å². The third-order valence-corrected chi connectivity index (χ3v) is 7.53. The van der Waals surface area contributed by atoms with Crippen LogP contribution in [-0.4, -0.2) is 102 Å². The topological polar surface area (TPSA) is 196 Å². The molecule has 1 aliphatic heterocycles. The van der Waals surface area contributed by atoms with Crippen LogP contribution in [0.2, 0.25) is 0 Å². The van der Waals surface area contributed by atoms with Crippen molar-refractivity contribution in [2.45, 2.75) is 94.5 Å². The smallest absolute Gasteiger partial charge is 0.355 e. The highest BCUT2D eigenvalue weighted by Gasteiger charge is 2.55. The van der Waals surface area contributed by atoms with Crippen LogP contribution < -0.4 is 19.5 Å². The highest BCUT2D eigenvalue weighted by molar-refractivity contribution is 7.84. The van der Waals surface area contributed by atoms with Crippen LogP contribution in [0.3, 0.4) is 0 Å². The van der Waals surface area contributed by atoms with Crippen LogP contribution in [0.4, 0.5) is 0 Å². The predicted octanol–water partition coefficient (Wildman–Crippen LogP) is -0.886. The lowest BCUT2D eigenvalue weighted by atomic mass is 9.96. The molecule has 0 bridgehead atoms. The van der Waals surface area contributed by atoms with E-state index in [1.54, 1.807) is 0 Å². The van der Waals surface area contributed by atoms with Gasteiger partial charge in [-0.3, -0.25) is 0 Å². The van der Waals surface area contributed by atoms with E-state index in [9.17, 15) is 34.0 Å². The molecule has 6 atom stereocenters. The van der Waals surface area contributed by atoms with Crippen LogP contribution in [0.5, 0.6) is 11.5 Å². The minimum absolute atomic E-state index is 0.0210. The number of hydrogen-bond acceptors (Lipinski definition) is 12. The third-order valence-electron chi connectivity index (χ3n) is 6.38. The van der Waals surface area contributed by atoms with E-state index in [0.29, 0.717) is 5.75 Å². The Bertz CT molecular complexity index is 957. The largest absolute Gasteiger partial charge is 0.491 e. The first kappa shape index (κ1) is 30.9.